The number of halogens is 3. The fourth-order valence-electron chi connectivity index (χ4n) is 1.37. The van der Waals surface area contributed by atoms with Crippen molar-refractivity contribution in [3.8, 4) is 0 Å². The van der Waals surface area contributed by atoms with Gasteiger partial charge in [-0.2, -0.15) is 13.2 Å². The van der Waals surface area contributed by atoms with E-state index in [0.717, 1.165) is 13.0 Å². The van der Waals surface area contributed by atoms with Crippen LogP contribution in [0.3, 0.4) is 0 Å². The van der Waals surface area contributed by atoms with E-state index in [1.807, 2.05) is 6.92 Å². The van der Waals surface area contributed by atoms with Crippen LogP contribution >= 0.6 is 0 Å². The lowest BCUT2D eigenvalue weighted by Gasteiger charge is -2.06. The highest BCUT2D eigenvalue weighted by atomic mass is 19.4. The predicted octanol–water partition coefficient (Wildman–Crippen LogP) is 1.76. The Balaban J connectivity index is 2.59. The normalized spacial score (nSPS) is 11.8. The van der Waals surface area contributed by atoms with Crippen LogP contribution in [0.15, 0.2) is 11.0 Å². The van der Waals surface area contributed by atoms with Crippen LogP contribution in [-0.4, -0.2) is 22.7 Å². The third-order valence-electron chi connectivity index (χ3n) is 2.31. The standard InChI is InChI=1S/C11H16F3N3O/c1-2-5-15-6-8-7-16-9(17-10(8)18)3-4-11(12,13)14/h7,15H,2-6H2,1H3,(H,16,17,18). The largest absolute Gasteiger partial charge is 0.389 e. The Morgan fingerprint density at radius 2 is 2.17 bits per heavy atom. The van der Waals surface area contributed by atoms with Gasteiger partial charge in [0.1, 0.15) is 5.82 Å². The number of hydrogen-bond acceptors (Lipinski definition) is 3. The van der Waals surface area contributed by atoms with Gasteiger partial charge < -0.3 is 10.3 Å². The van der Waals surface area contributed by atoms with Gasteiger partial charge in [0.2, 0.25) is 0 Å². The van der Waals surface area contributed by atoms with E-state index < -0.39 is 12.6 Å². The second-order valence-electron chi connectivity index (χ2n) is 3.98. The molecule has 0 atom stereocenters. The smallest absolute Gasteiger partial charge is 0.312 e. The van der Waals surface area contributed by atoms with Crippen LogP contribution in [0.1, 0.15) is 31.2 Å². The molecule has 0 aromatic carbocycles. The summed E-state index contributed by atoms with van der Waals surface area (Å²) < 4.78 is 36.0. The van der Waals surface area contributed by atoms with Crippen molar-refractivity contribution in [3.05, 3.63) is 27.9 Å². The Morgan fingerprint density at radius 3 is 2.72 bits per heavy atom. The van der Waals surface area contributed by atoms with Crippen LogP contribution in [0.4, 0.5) is 13.2 Å². The highest BCUT2D eigenvalue weighted by Gasteiger charge is 2.26. The lowest BCUT2D eigenvalue weighted by atomic mass is 10.2. The minimum Gasteiger partial charge on any atom is -0.312 e. The molecule has 0 aliphatic rings. The topological polar surface area (TPSA) is 57.8 Å². The van der Waals surface area contributed by atoms with Gasteiger partial charge in [-0.05, 0) is 13.0 Å². The Labute approximate surface area is 103 Å². The van der Waals surface area contributed by atoms with Crippen molar-refractivity contribution in [1.29, 1.82) is 0 Å². The SMILES string of the molecule is CCCNCc1cnc(CCC(F)(F)F)[nH]c1=O. The fraction of sp³-hybridized carbons (Fsp3) is 0.636. The molecule has 18 heavy (non-hydrogen) atoms. The van der Waals surface area contributed by atoms with E-state index >= 15 is 0 Å². The molecule has 102 valence electrons. The number of H-pyrrole nitrogens is 1. The van der Waals surface area contributed by atoms with E-state index in [9.17, 15) is 18.0 Å². The highest BCUT2D eigenvalue weighted by Crippen LogP contribution is 2.20. The van der Waals surface area contributed by atoms with Gasteiger partial charge in [0.25, 0.3) is 5.56 Å². The molecular weight excluding hydrogens is 247 g/mol. The van der Waals surface area contributed by atoms with Crippen molar-refractivity contribution >= 4 is 0 Å². The van der Waals surface area contributed by atoms with E-state index in [4.69, 9.17) is 0 Å². The van der Waals surface area contributed by atoms with Crippen LogP contribution in [0.2, 0.25) is 0 Å². The van der Waals surface area contributed by atoms with E-state index in [1.165, 1.54) is 6.20 Å². The predicted molar refractivity (Wildman–Crippen MR) is 61.2 cm³/mol. The quantitative estimate of drug-likeness (QED) is 0.769. The minimum atomic E-state index is -4.24. The third-order valence-corrected chi connectivity index (χ3v) is 2.31. The first-order valence-corrected chi connectivity index (χ1v) is 5.77. The van der Waals surface area contributed by atoms with Crippen LogP contribution in [0.25, 0.3) is 0 Å². The Bertz CT molecular complexity index is 428. The zero-order valence-corrected chi connectivity index (χ0v) is 10.1. The molecule has 0 saturated carbocycles. The first kappa shape index (κ1) is 14.7. The second-order valence-corrected chi connectivity index (χ2v) is 3.98. The molecule has 4 nitrogen and oxygen atoms in total. The molecule has 0 amide bonds. The summed E-state index contributed by atoms with van der Waals surface area (Å²) in [6.07, 6.45) is -3.26. The lowest BCUT2D eigenvalue weighted by molar-refractivity contribution is -0.134. The summed E-state index contributed by atoms with van der Waals surface area (Å²) in [4.78, 5) is 17.7. The summed E-state index contributed by atoms with van der Waals surface area (Å²) in [6, 6.07) is 0. The molecule has 0 fully saturated rings. The van der Waals surface area contributed by atoms with Crippen molar-refractivity contribution in [2.45, 2.75) is 38.9 Å². The monoisotopic (exact) mass is 263 g/mol. The molecule has 7 heteroatoms. The highest BCUT2D eigenvalue weighted by molar-refractivity contribution is 5.05. The molecule has 1 heterocycles. The maximum absolute atomic E-state index is 12.0. The molecule has 0 saturated heterocycles. The number of alkyl halides is 3. The summed E-state index contributed by atoms with van der Waals surface area (Å²) >= 11 is 0. The number of hydrogen-bond donors (Lipinski definition) is 2. The first-order valence-electron chi connectivity index (χ1n) is 5.77. The average Bonchev–Trinajstić information content (AvgIpc) is 2.28. The molecule has 0 radical (unpaired) electrons. The molecule has 0 aliphatic heterocycles. The molecule has 2 N–H and O–H groups in total. The summed E-state index contributed by atoms with van der Waals surface area (Å²) in [7, 11) is 0. The number of aryl methyl sites for hydroxylation is 1. The number of nitrogens with zero attached hydrogens (tertiary/aromatic N) is 1. The van der Waals surface area contributed by atoms with Gasteiger partial charge in [0.15, 0.2) is 0 Å². The Hall–Kier alpha value is -1.37. The molecule has 0 unspecified atom stereocenters. The van der Waals surface area contributed by atoms with Gasteiger partial charge in [-0.1, -0.05) is 6.92 Å². The van der Waals surface area contributed by atoms with E-state index in [2.05, 4.69) is 15.3 Å². The van der Waals surface area contributed by atoms with Crippen molar-refractivity contribution in [2.75, 3.05) is 6.54 Å². The lowest BCUT2D eigenvalue weighted by Crippen LogP contribution is -2.23. The van der Waals surface area contributed by atoms with E-state index in [-0.39, 0.29) is 17.8 Å². The van der Waals surface area contributed by atoms with Crippen molar-refractivity contribution in [1.82, 2.24) is 15.3 Å². The van der Waals surface area contributed by atoms with Crippen LogP contribution in [0, 0.1) is 0 Å². The van der Waals surface area contributed by atoms with Crippen molar-refractivity contribution < 1.29 is 13.2 Å². The summed E-state index contributed by atoms with van der Waals surface area (Å²) in [5.74, 6) is 0.0663. The van der Waals surface area contributed by atoms with E-state index in [0.29, 0.717) is 12.1 Å². The fourth-order valence-corrected chi connectivity index (χ4v) is 1.37. The zero-order valence-electron chi connectivity index (χ0n) is 10.1. The maximum Gasteiger partial charge on any atom is 0.389 e. The molecule has 1 aromatic heterocycles. The van der Waals surface area contributed by atoms with Gasteiger partial charge in [-0.15, -0.1) is 0 Å². The maximum atomic E-state index is 12.0. The molecule has 1 rings (SSSR count). The number of nitrogens with one attached hydrogen (secondary N) is 2. The molecule has 0 bridgehead atoms. The van der Waals surface area contributed by atoms with Gasteiger partial charge >= 0.3 is 6.18 Å². The van der Waals surface area contributed by atoms with Crippen molar-refractivity contribution in [2.24, 2.45) is 0 Å². The average molecular weight is 263 g/mol. The molecule has 1 aromatic rings. The van der Waals surface area contributed by atoms with Gasteiger partial charge in [0, 0.05) is 24.7 Å². The zero-order chi connectivity index (χ0) is 13.6. The minimum absolute atomic E-state index is 0.0663. The number of rotatable bonds is 6. The molecule has 0 aliphatic carbocycles. The summed E-state index contributed by atoms with van der Waals surface area (Å²) in [5, 5.41) is 3.03. The van der Waals surface area contributed by atoms with Crippen LogP contribution in [0.5, 0.6) is 0 Å². The second kappa shape index (κ2) is 6.53. The van der Waals surface area contributed by atoms with Gasteiger partial charge in [-0.25, -0.2) is 4.98 Å². The summed E-state index contributed by atoms with van der Waals surface area (Å²) in [6.45, 7) is 3.14. The van der Waals surface area contributed by atoms with Crippen LogP contribution < -0.4 is 10.9 Å². The molecular formula is C11H16F3N3O. The summed E-state index contributed by atoms with van der Waals surface area (Å²) in [5.41, 5.74) is 0.0463. The third kappa shape index (κ3) is 5.31. The van der Waals surface area contributed by atoms with Gasteiger partial charge in [0.05, 0.1) is 6.42 Å². The van der Waals surface area contributed by atoms with E-state index in [1.54, 1.807) is 0 Å². The number of aromatic amines is 1. The Morgan fingerprint density at radius 1 is 1.44 bits per heavy atom. The first-order chi connectivity index (χ1) is 8.42. The van der Waals surface area contributed by atoms with Crippen molar-refractivity contribution in [3.63, 3.8) is 0 Å². The number of aromatic nitrogens is 2. The Kier molecular flexibility index (Phi) is 5.33. The molecule has 0 spiro atoms. The van der Waals surface area contributed by atoms with Gasteiger partial charge in [-0.3, -0.25) is 4.79 Å². The van der Waals surface area contributed by atoms with Crippen LogP contribution in [-0.2, 0) is 13.0 Å².